The summed E-state index contributed by atoms with van der Waals surface area (Å²) in [4.78, 5) is 22.2. The molecule has 6 rings (SSSR count). The molecule has 0 aliphatic carbocycles. The molecule has 0 spiro atoms. The maximum Gasteiger partial charge on any atom is 0.514 e. The first-order valence-electron chi connectivity index (χ1n) is 14.2. The molecule has 0 atom stereocenters. The van der Waals surface area contributed by atoms with Crippen LogP contribution < -0.4 is 4.74 Å². The molecule has 0 saturated carbocycles. The van der Waals surface area contributed by atoms with Gasteiger partial charge in [0, 0.05) is 31.1 Å². The number of rotatable bonds is 6. The minimum atomic E-state index is -0.719. The number of benzene rings is 4. The second-order valence-corrected chi connectivity index (χ2v) is 11.4. The molecule has 4 aromatic carbocycles. The fourth-order valence-corrected chi connectivity index (χ4v) is 5.29. The zero-order valence-electron chi connectivity index (χ0n) is 24.6. The van der Waals surface area contributed by atoms with Crippen molar-refractivity contribution in [1.82, 2.24) is 19.1 Å². The van der Waals surface area contributed by atoms with E-state index < -0.39 is 11.8 Å². The van der Waals surface area contributed by atoms with Crippen LogP contribution in [-0.4, -0.2) is 30.9 Å². The van der Waals surface area contributed by atoms with Gasteiger partial charge >= 0.3 is 6.16 Å². The Morgan fingerprint density at radius 2 is 1.50 bits per heavy atom. The van der Waals surface area contributed by atoms with E-state index in [0.717, 1.165) is 62.4 Å². The van der Waals surface area contributed by atoms with E-state index in [1.165, 1.54) is 0 Å². The summed E-state index contributed by atoms with van der Waals surface area (Å²) in [6.07, 6.45) is 0.104. The van der Waals surface area contributed by atoms with Gasteiger partial charge in [-0.05, 0) is 68.3 Å². The molecule has 0 radical (unpaired) electrons. The highest BCUT2D eigenvalue weighted by molar-refractivity contribution is 5.85. The minimum Gasteiger partial charge on any atom is -0.428 e. The topological polar surface area (TPSA) is 71.2 Å². The standard InChI is InChI=1S/C35H34N4O3/c1-6-32-36-28-20-19-25(33-37-27-12-8-9-13-29(27)38(33)5)21-30(28)39(32)22-23-15-17-24(18-16-23)26-11-7-10-14-31(26)41-34(40)42-35(2,3)4/h7-21H,6,22H2,1-5H3. The van der Waals surface area contributed by atoms with E-state index in [1.807, 2.05) is 57.2 Å². The lowest BCUT2D eigenvalue weighted by Crippen LogP contribution is -2.26. The van der Waals surface area contributed by atoms with E-state index in [9.17, 15) is 4.79 Å². The highest BCUT2D eigenvalue weighted by Crippen LogP contribution is 2.32. The number of fused-ring (bicyclic) bond motifs is 2. The van der Waals surface area contributed by atoms with Crippen molar-refractivity contribution in [3.63, 3.8) is 0 Å². The fraction of sp³-hybridized carbons (Fsp3) is 0.229. The van der Waals surface area contributed by atoms with Crippen molar-refractivity contribution < 1.29 is 14.3 Å². The molecule has 0 aliphatic rings. The normalized spacial score (nSPS) is 11.7. The van der Waals surface area contributed by atoms with Crippen LogP contribution in [0.25, 0.3) is 44.6 Å². The first-order chi connectivity index (χ1) is 20.2. The van der Waals surface area contributed by atoms with Crippen LogP contribution in [0.15, 0.2) is 91.0 Å². The van der Waals surface area contributed by atoms with Crippen molar-refractivity contribution in [3.05, 3.63) is 102 Å². The Kier molecular flexibility index (Phi) is 7.02. The van der Waals surface area contributed by atoms with Crippen LogP contribution in [0.4, 0.5) is 4.79 Å². The zero-order valence-corrected chi connectivity index (χ0v) is 24.6. The van der Waals surface area contributed by atoms with Crippen molar-refractivity contribution in [2.24, 2.45) is 7.05 Å². The number of ether oxygens (including phenoxy) is 2. The van der Waals surface area contributed by atoms with Crippen LogP contribution in [-0.2, 0) is 24.8 Å². The Balaban J connectivity index is 1.30. The number of imidazole rings is 2. The molecule has 0 N–H and O–H groups in total. The van der Waals surface area contributed by atoms with Gasteiger partial charge in [0.25, 0.3) is 0 Å². The average molecular weight is 559 g/mol. The lowest BCUT2D eigenvalue weighted by Gasteiger charge is -2.19. The van der Waals surface area contributed by atoms with Gasteiger partial charge in [0.1, 0.15) is 23.0 Å². The number of carbonyl (C=O) groups excluding carboxylic acids is 1. The van der Waals surface area contributed by atoms with E-state index in [2.05, 4.69) is 71.6 Å². The van der Waals surface area contributed by atoms with Crippen LogP contribution in [0, 0.1) is 0 Å². The zero-order chi connectivity index (χ0) is 29.4. The summed E-state index contributed by atoms with van der Waals surface area (Å²) in [7, 11) is 2.06. The number of aryl methyl sites for hydroxylation is 2. The second-order valence-electron chi connectivity index (χ2n) is 11.4. The molecule has 212 valence electrons. The van der Waals surface area contributed by atoms with Crippen molar-refractivity contribution in [3.8, 4) is 28.3 Å². The monoisotopic (exact) mass is 558 g/mol. The van der Waals surface area contributed by atoms with Gasteiger partial charge in [-0.2, -0.15) is 0 Å². The van der Waals surface area contributed by atoms with E-state index in [1.54, 1.807) is 6.07 Å². The summed E-state index contributed by atoms with van der Waals surface area (Å²) in [5, 5.41) is 0. The van der Waals surface area contributed by atoms with Crippen LogP contribution in [0.3, 0.4) is 0 Å². The fourth-order valence-electron chi connectivity index (χ4n) is 5.29. The van der Waals surface area contributed by atoms with E-state index >= 15 is 0 Å². The summed E-state index contributed by atoms with van der Waals surface area (Å²) in [6, 6.07) is 30.4. The third-order valence-electron chi connectivity index (χ3n) is 7.26. The summed E-state index contributed by atoms with van der Waals surface area (Å²) in [5.74, 6) is 2.43. The van der Waals surface area contributed by atoms with Crippen molar-refractivity contribution >= 4 is 28.2 Å². The summed E-state index contributed by atoms with van der Waals surface area (Å²) < 4.78 is 15.3. The van der Waals surface area contributed by atoms with Gasteiger partial charge in [-0.25, -0.2) is 14.8 Å². The first-order valence-corrected chi connectivity index (χ1v) is 14.2. The summed E-state index contributed by atoms with van der Waals surface area (Å²) in [5.41, 5.74) is 7.49. The highest BCUT2D eigenvalue weighted by atomic mass is 16.7. The first kappa shape index (κ1) is 27.3. The van der Waals surface area contributed by atoms with E-state index in [-0.39, 0.29) is 0 Å². The molecular weight excluding hydrogens is 524 g/mol. The van der Waals surface area contributed by atoms with Crippen molar-refractivity contribution in [1.29, 1.82) is 0 Å². The van der Waals surface area contributed by atoms with Gasteiger partial charge in [-0.1, -0.05) is 61.5 Å². The molecule has 0 aliphatic heterocycles. The predicted molar refractivity (Wildman–Crippen MR) is 167 cm³/mol. The van der Waals surface area contributed by atoms with Gasteiger partial charge in [0.15, 0.2) is 0 Å². The number of hydrogen-bond donors (Lipinski definition) is 0. The molecule has 6 aromatic rings. The molecule has 2 heterocycles. The number of carbonyl (C=O) groups is 1. The molecule has 0 fully saturated rings. The molecule has 0 amide bonds. The minimum absolute atomic E-state index is 0.461. The van der Waals surface area contributed by atoms with Gasteiger partial charge in [-0.3, -0.25) is 0 Å². The van der Waals surface area contributed by atoms with E-state index in [4.69, 9.17) is 19.4 Å². The largest absolute Gasteiger partial charge is 0.514 e. The molecule has 0 unspecified atom stereocenters. The van der Waals surface area contributed by atoms with Gasteiger partial charge < -0.3 is 18.6 Å². The van der Waals surface area contributed by atoms with Crippen LogP contribution in [0.1, 0.15) is 39.1 Å². The quantitative estimate of drug-likeness (QED) is 0.152. The molecular formula is C35H34N4O3. The van der Waals surface area contributed by atoms with Gasteiger partial charge in [0.2, 0.25) is 0 Å². The highest BCUT2D eigenvalue weighted by Gasteiger charge is 2.20. The Bertz CT molecular complexity index is 1910. The average Bonchev–Trinajstić information content (AvgIpc) is 3.49. The molecule has 7 heteroatoms. The van der Waals surface area contributed by atoms with Gasteiger partial charge in [0.05, 0.1) is 22.1 Å². The third kappa shape index (κ3) is 5.38. The maximum absolute atomic E-state index is 12.3. The third-order valence-corrected chi connectivity index (χ3v) is 7.26. The predicted octanol–water partition coefficient (Wildman–Crippen LogP) is 8.18. The number of aromatic nitrogens is 4. The Labute approximate surface area is 245 Å². The summed E-state index contributed by atoms with van der Waals surface area (Å²) >= 11 is 0. The summed E-state index contributed by atoms with van der Waals surface area (Å²) in [6.45, 7) is 8.26. The second kappa shape index (κ2) is 10.8. The SMILES string of the molecule is CCc1nc2ccc(-c3nc4ccccc4n3C)cc2n1Cc1ccc(-c2ccccc2OC(=O)OC(C)(C)C)cc1. The number of para-hydroxylation sites is 3. The number of hydrogen-bond acceptors (Lipinski definition) is 5. The molecule has 0 bridgehead atoms. The van der Waals surface area contributed by atoms with E-state index in [0.29, 0.717) is 12.3 Å². The smallest absolute Gasteiger partial charge is 0.428 e. The van der Waals surface area contributed by atoms with Crippen molar-refractivity contribution in [2.75, 3.05) is 0 Å². The lowest BCUT2D eigenvalue weighted by molar-refractivity contribution is 0.0207. The molecule has 7 nitrogen and oxygen atoms in total. The van der Waals surface area contributed by atoms with Crippen LogP contribution in [0.5, 0.6) is 5.75 Å². The van der Waals surface area contributed by atoms with Gasteiger partial charge in [-0.15, -0.1) is 0 Å². The van der Waals surface area contributed by atoms with Crippen LogP contribution in [0.2, 0.25) is 0 Å². The van der Waals surface area contributed by atoms with Crippen LogP contribution >= 0.6 is 0 Å². The Morgan fingerprint density at radius 3 is 2.24 bits per heavy atom. The molecule has 0 saturated heterocycles. The van der Waals surface area contributed by atoms with Crippen molar-refractivity contribution in [2.45, 2.75) is 46.3 Å². The maximum atomic E-state index is 12.3. The molecule has 42 heavy (non-hydrogen) atoms. The Hall–Kier alpha value is -4.91. The number of nitrogens with zero attached hydrogens (tertiary/aromatic N) is 4. The molecule has 2 aromatic heterocycles. The lowest BCUT2D eigenvalue weighted by atomic mass is 10.0. The Morgan fingerprint density at radius 1 is 0.810 bits per heavy atom.